The first-order chi connectivity index (χ1) is 14.9. The Morgan fingerprint density at radius 3 is 2.26 bits per heavy atom. The van der Waals surface area contributed by atoms with Crippen molar-refractivity contribution in [3.8, 4) is 22.5 Å². The van der Waals surface area contributed by atoms with E-state index in [-0.39, 0.29) is 23.1 Å². The van der Waals surface area contributed by atoms with Crippen molar-refractivity contribution in [1.29, 1.82) is 0 Å². The van der Waals surface area contributed by atoms with E-state index in [0.29, 0.717) is 0 Å². The van der Waals surface area contributed by atoms with Gasteiger partial charge in [-0.1, -0.05) is 32.9 Å². The number of hydrogen-bond donors (Lipinski definition) is 1. The molecule has 0 aliphatic rings. The molecular weight excluding hydrogens is 396 g/mol. The van der Waals surface area contributed by atoms with E-state index in [0.717, 1.165) is 33.9 Å². The van der Waals surface area contributed by atoms with E-state index >= 15 is 0 Å². The molecule has 0 radical (unpaired) electrons. The summed E-state index contributed by atoms with van der Waals surface area (Å²) >= 11 is 0. The molecule has 1 unspecified atom stereocenters. The smallest absolute Gasteiger partial charge is 0.135 e. The molecule has 4 aromatic rings. The molecule has 1 atom stereocenters. The first kappa shape index (κ1) is 20.8. The molecule has 158 valence electrons. The predicted octanol–water partition coefficient (Wildman–Crippen LogP) is 5.79. The van der Waals surface area contributed by atoms with E-state index in [1.165, 1.54) is 18.2 Å². The molecule has 0 aliphatic heterocycles. The van der Waals surface area contributed by atoms with Crippen LogP contribution in [0.25, 0.3) is 22.5 Å². The van der Waals surface area contributed by atoms with Gasteiger partial charge in [0.05, 0.1) is 28.8 Å². The SMILES string of the molecule is Cc1[nH]ncc1-c1cccc(C(C)c2nnc(-c3c(F)cccc3F)cc2C(C)C)n1. The maximum absolute atomic E-state index is 14.3. The van der Waals surface area contributed by atoms with Gasteiger partial charge in [-0.3, -0.25) is 10.1 Å². The number of hydrogen-bond acceptors (Lipinski definition) is 4. The quantitative estimate of drug-likeness (QED) is 0.445. The first-order valence-electron chi connectivity index (χ1n) is 10.2. The number of aromatic amines is 1. The molecule has 0 bridgehead atoms. The summed E-state index contributed by atoms with van der Waals surface area (Å²) in [6.07, 6.45) is 1.75. The van der Waals surface area contributed by atoms with Gasteiger partial charge in [0.2, 0.25) is 0 Å². The Morgan fingerprint density at radius 1 is 0.903 bits per heavy atom. The third kappa shape index (κ3) is 3.95. The Morgan fingerprint density at radius 2 is 1.61 bits per heavy atom. The zero-order valence-corrected chi connectivity index (χ0v) is 17.8. The van der Waals surface area contributed by atoms with E-state index in [9.17, 15) is 8.78 Å². The predicted molar refractivity (Wildman–Crippen MR) is 116 cm³/mol. The second kappa shape index (κ2) is 8.34. The molecule has 5 nitrogen and oxygen atoms in total. The molecule has 1 N–H and O–H groups in total. The van der Waals surface area contributed by atoms with Crippen LogP contribution in [0.2, 0.25) is 0 Å². The monoisotopic (exact) mass is 419 g/mol. The second-order valence-corrected chi connectivity index (χ2v) is 7.90. The van der Waals surface area contributed by atoms with E-state index < -0.39 is 11.6 Å². The van der Waals surface area contributed by atoms with E-state index in [1.807, 2.05) is 45.9 Å². The fourth-order valence-corrected chi connectivity index (χ4v) is 3.67. The number of pyridine rings is 1. The van der Waals surface area contributed by atoms with Crippen LogP contribution < -0.4 is 0 Å². The lowest BCUT2D eigenvalue weighted by atomic mass is 9.91. The van der Waals surface area contributed by atoms with Crippen LogP contribution in [-0.4, -0.2) is 25.4 Å². The van der Waals surface area contributed by atoms with Crippen molar-refractivity contribution in [1.82, 2.24) is 25.4 Å². The fourth-order valence-electron chi connectivity index (χ4n) is 3.67. The molecule has 0 saturated carbocycles. The molecular formula is C24H23F2N5. The topological polar surface area (TPSA) is 67.3 Å². The highest BCUT2D eigenvalue weighted by atomic mass is 19.1. The summed E-state index contributed by atoms with van der Waals surface area (Å²) in [7, 11) is 0. The highest BCUT2D eigenvalue weighted by Crippen LogP contribution is 2.33. The zero-order valence-electron chi connectivity index (χ0n) is 17.8. The number of aryl methyl sites for hydroxylation is 1. The number of nitrogens with one attached hydrogen (secondary N) is 1. The minimum Gasteiger partial charge on any atom is -0.282 e. The molecule has 4 rings (SSSR count). The second-order valence-electron chi connectivity index (χ2n) is 7.90. The van der Waals surface area contributed by atoms with Crippen molar-refractivity contribution in [3.63, 3.8) is 0 Å². The standard InChI is InChI=1S/C24H23F2N5/c1-13(2)16-11-22(23-18(25)7-5-8-19(23)26)30-31-24(16)14(3)20-9-6-10-21(28-20)17-12-27-29-15(17)4/h5-14H,1-4H3,(H,27,29). The van der Waals surface area contributed by atoms with Gasteiger partial charge in [-0.2, -0.15) is 15.3 Å². The number of rotatable bonds is 5. The maximum Gasteiger partial charge on any atom is 0.135 e. The van der Waals surface area contributed by atoms with E-state index in [2.05, 4.69) is 20.4 Å². The van der Waals surface area contributed by atoms with Crippen LogP contribution in [0.1, 0.15) is 55.3 Å². The van der Waals surface area contributed by atoms with Crippen LogP contribution in [0.15, 0.2) is 48.7 Å². The van der Waals surface area contributed by atoms with Crippen molar-refractivity contribution in [2.24, 2.45) is 0 Å². The van der Waals surface area contributed by atoms with Gasteiger partial charge in [0.1, 0.15) is 11.6 Å². The molecule has 0 fully saturated rings. The third-order valence-corrected chi connectivity index (χ3v) is 5.42. The van der Waals surface area contributed by atoms with Gasteiger partial charge in [0.25, 0.3) is 0 Å². The number of aromatic nitrogens is 5. The van der Waals surface area contributed by atoms with Gasteiger partial charge < -0.3 is 0 Å². The lowest BCUT2D eigenvalue weighted by Gasteiger charge is -2.18. The molecule has 0 spiro atoms. The minimum absolute atomic E-state index is 0.0841. The Balaban J connectivity index is 1.77. The first-order valence-corrected chi connectivity index (χ1v) is 10.2. The zero-order chi connectivity index (χ0) is 22.1. The maximum atomic E-state index is 14.3. The third-order valence-electron chi connectivity index (χ3n) is 5.42. The van der Waals surface area contributed by atoms with Crippen molar-refractivity contribution >= 4 is 0 Å². The van der Waals surface area contributed by atoms with Gasteiger partial charge in [-0.05, 0) is 48.7 Å². The summed E-state index contributed by atoms with van der Waals surface area (Å²) in [6, 6.07) is 11.3. The largest absolute Gasteiger partial charge is 0.282 e. The summed E-state index contributed by atoms with van der Waals surface area (Å²) in [6.45, 7) is 8.00. The van der Waals surface area contributed by atoms with Gasteiger partial charge in [0.15, 0.2) is 0 Å². The molecule has 31 heavy (non-hydrogen) atoms. The highest BCUT2D eigenvalue weighted by Gasteiger charge is 2.22. The summed E-state index contributed by atoms with van der Waals surface area (Å²) < 4.78 is 28.6. The molecule has 7 heteroatoms. The van der Waals surface area contributed by atoms with Crippen LogP contribution in [-0.2, 0) is 0 Å². The van der Waals surface area contributed by atoms with Gasteiger partial charge >= 0.3 is 0 Å². The number of nitrogens with zero attached hydrogens (tertiary/aromatic N) is 4. The van der Waals surface area contributed by atoms with Crippen molar-refractivity contribution in [2.45, 2.75) is 39.5 Å². The van der Waals surface area contributed by atoms with Gasteiger partial charge in [0, 0.05) is 22.9 Å². The van der Waals surface area contributed by atoms with Crippen molar-refractivity contribution in [3.05, 3.63) is 82.9 Å². The van der Waals surface area contributed by atoms with Crippen molar-refractivity contribution < 1.29 is 8.78 Å². The van der Waals surface area contributed by atoms with Crippen molar-refractivity contribution in [2.75, 3.05) is 0 Å². The normalized spacial score (nSPS) is 12.4. The summed E-state index contributed by atoms with van der Waals surface area (Å²) in [5.74, 6) is -1.39. The lowest BCUT2D eigenvalue weighted by Crippen LogP contribution is -2.10. The van der Waals surface area contributed by atoms with Crippen LogP contribution in [0, 0.1) is 18.6 Å². The summed E-state index contributed by atoms with van der Waals surface area (Å²) in [5.41, 5.74) is 5.18. The van der Waals surface area contributed by atoms with Crippen LogP contribution in [0.5, 0.6) is 0 Å². The lowest BCUT2D eigenvalue weighted by molar-refractivity contribution is 0.587. The molecule has 3 heterocycles. The number of H-pyrrole nitrogens is 1. The number of halogens is 2. The van der Waals surface area contributed by atoms with Crippen LogP contribution >= 0.6 is 0 Å². The Kier molecular flexibility index (Phi) is 5.59. The molecule has 1 aromatic carbocycles. The van der Waals surface area contributed by atoms with E-state index in [1.54, 1.807) is 12.3 Å². The summed E-state index contributed by atoms with van der Waals surface area (Å²) in [4.78, 5) is 4.81. The average molecular weight is 419 g/mol. The Labute approximate surface area is 179 Å². The molecule has 3 aromatic heterocycles. The molecule has 0 saturated heterocycles. The average Bonchev–Trinajstić information content (AvgIpc) is 3.19. The Hall–Kier alpha value is -3.48. The highest BCUT2D eigenvalue weighted by molar-refractivity contribution is 5.62. The summed E-state index contributed by atoms with van der Waals surface area (Å²) in [5, 5.41) is 15.6. The van der Waals surface area contributed by atoms with Gasteiger partial charge in [-0.15, -0.1) is 0 Å². The fraction of sp³-hybridized carbons (Fsp3) is 0.250. The minimum atomic E-state index is -0.658. The Bertz CT molecular complexity index is 1210. The molecule has 0 amide bonds. The van der Waals surface area contributed by atoms with Gasteiger partial charge in [-0.25, -0.2) is 8.78 Å². The van der Waals surface area contributed by atoms with E-state index in [4.69, 9.17) is 4.98 Å². The number of benzene rings is 1. The van der Waals surface area contributed by atoms with Crippen LogP contribution in [0.4, 0.5) is 8.78 Å². The molecule has 0 aliphatic carbocycles. The van der Waals surface area contributed by atoms with Crippen LogP contribution in [0.3, 0.4) is 0 Å².